The minimum absolute atomic E-state index is 0.0310. The second-order valence-electron chi connectivity index (χ2n) is 8.36. The molecule has 4 nitrogen and oxygen atoms in total. The Kier molecular flexibility index (Phi) is 7.04. The number of carbonyl (C=O) groups excluding carboxylic acids is 2. The first-order valence-corrected chi connectivity index (χ1v) is 11.9. The highest BCUT2D eigenvalue weighted by Gasteiger charge is 2.76. The first kappa shape index (κ1) is 25.7. The van der Waals surface area contributed by atoms with E-state index in [0.717, 1.165) is 0 Å². The van der Waals surface area contributed by atoms with Crippen molar-refractivity contribution in [2.75, 3.05) is 17.2 Å². The lowest BCUT2D eigenvalue weighted by Crippen LogP contribution is -2.23. The Hall–Kier alpha value is -2.38. The van der Waals surface area contributed by atoms with Crippen molar-refractivity contribution in [1.82, 2.24) is 0 Å². The summed E-state index contributed by atoms with van der Waals surface area (Å²) in [5.74, 6) is -2.14. The first-order valence-electron chi connectivity index (χ1n) is 10.4. The van der Waals surface area contributed by atoms with Crippen LogP contribution in [0.15, 0.2) is 54.6 Å². The van der Waals surface area contributed by atoms with E-state index in [1.165, 1.54) is 48.5 Å². The summed E-state index contributed by atoms with van der Waals surface area (Å²) in [6, 6.07) is 12.6. The lowest BCUT2D eigenvalue weighted by molar-refractivity contribution is -0.112. The zero-order chi connectivity index (χ0) is 25.5. The molecule has 35 heavy (non-hydrogen) atoms. The van der Waals surface area contributed by atoms with Gasteiger partial charge in [-0.15, -0.1) is 0 Å². The van der Waals surface area contributed by atoms with Crippen LogP contribution >= 0.6 is 46.4 Å². The zero-order valence-electron chi connectivity index (χ0n) is 18.1. The SMILES string of the molecule is Cc1cc(NCC2(C=O)C(c3ccc(F)c(Cl)c3)C2(Cl)Cl)cc(C(=O)Nc2ccc(F)cc2)c1Cl. The molecule has 0 saturated heterocycles. The van der Waals surface area contributed by atoms with Gasteiger partial charge in [0.1, 0.15) is 22.3 Å². The van der Waals surface area contributed by atoms with Gasteiger partial charge in [0.15, 0.2) is 0 Å². The lowest BCUT2D eigenvalue weighted by Gasteiger charge is -2.16. The number of anilines is 2. The highest BCUT2D eigenvalue weighted by Crippen LogP contribution is 2.73. The first-order chi connectivity index (χ1) is 16.5. The fourth-order valence-electron chi connectivity index (χ4n) is 4.10. The Bertz CT molecular complexity index is 1320. The number of hydrogen-bond acceptors (Lipinski definition) is 3. The number of halogens is 6. The standard InChI is InChI=1S/C25H18Cl4F2N2O2/c1-13-8-17(10-18(21(13)27)23(35)33-16-5-3-15(30)4-6-16)32-11-24(12-34)22(25(24,28)29)14-2-7-20(31)19(26)9-14/h2-10,12,22,32H,11H2,1H3,(H,33,35). The fraction of sp³-hybridized carbons (Fsp3) is 0.200. The Morgan fingerprint density at radius 2 is 1.71 bits per heavy atom. The maximum atomic E-state index is 13.6. The quantitative estimate of drug-likeness (QED) is 0.235. The van der Waals surface area contributed by atoms with Crippen molar-refractivity contribution in [1.29, 1.82) is 0 Å². The monoisotopic (exact) mass is 556 g/mol. The molecule has 182 valence electrons. The topological polar surface area (TPSA) is 58.2 Å². The largest absolute Gasteiger partial charge is 0.384 e. The summed E-state index contributed by atoms with van der Waals surface area (Å²) in [5.41, 5.74) is 1.00. The van der Waals surface area contributed by atoms with Crippen LogP contribution in [0.5, 0.6) is 0 Å². The summed E-state index contributed by atoms with van der Waals surface area (Å²) in [7, 11) is 0. The highest BCUT2D eigenvalue weighted by atomic mass is 35.5. The Morgan fingerprint density at radius 1 is 1.03 bits per heavy atom. The summed E-state index contributed by atoms with van der Waals surface area (Å²) < 4.78 is 25.3. The van der Waals surface area contributed by atoms with Gasteiger partial charge in [0.2, 0.25) is 0 Å². The summed E-state index contributed by atoms with van der Waals surface area (Å²) >= 11 is 25.3. The average molecular weight is 558 g/mol. The predicted octanol–water partition coefficient (Wildman–Crippen LogP) is 7.40. The smallest absolute Gasteiger partial charge is 0.257 e. The summed E-state index contributed by atoms with van der Waals surface area (Å²) in [5, 5.41) is 5.93. The van der Waals surface area contributed by atoms with E-state index in [2.05, 4.69) is 10.6 Å². The van der Waals surface area contributed by atoms with Crippen LogP contribution in [0, 0.1) is 24.0 Å². The van der Waals surface area contributed by atoms with Crippen LogP contribution in [0.4, 0.5) is 20.2 Å². The Labute approximate surface area is 220 Å². The molecule has 2 unspecified atom stereocenters. The molecule has 0 heterocycles. The number of nitrogens with one attached hydrogen (secondary N) is 2. The van der Waals surface area contributed by atoms with Gasteiger partial charge in [-0.3, -0.25) is 4.79 Å². The van der Waals surface area contributed by atoms with Gasteiger partial charge in [-0.05, 0) is 66.6 Å². The molecular formula is C25H18Cl4F2N2O2. The van der Waals surface area contributed by atoms with Gasteiger partial charge in [0.05, 0.1) is 21.0 Å². The minimum atomic E-state index is -1.45. The molecule has 4 rings (SSSR count). The molecule has 0 aromatic heterocycles. The van der Waals surface area contributed by atoms with Crippen molar-refractivity contribution in [3.05, 3.63) is 93.0 Å². The second-order valence-corrected chi connectivity index (χ2v) is 10.5. The number of alkyl halides is 2. The van der Waals surface area contributed by atoms with E-state index in [9.17, 15) is 18.4 Å². The molecule has 0 radical (unpaired) electrons. The second kappa shape index (κ2) is 9.58. The van der Waals surface area contributed by atoms with Crippen LogP contribution in [-0.2, 0) is 4.79 Å². The molecule has 3 aromatic rings. The van der Waals surface area contributed by atoms with Gasteiger partial charge in [0, 0.05) is 23.8 Å². The minimum Gasteiger partial charge on any atom is -0.384 e. The van der Waals surface area contributed by atoms with Crippen LogP contribution < -0.4 is 10.6 Å². The average Bonchev–Trinajstić information content (AvgIpc) is 3.32. The van der Waals surface area contributed by atoms with Crippen molar-refractivity contribution >= 4 is 70.0 Å². The number of aryl methyl sites for hydroxylation is 1. The molecule has 1 fully saturated rings. The van der Waals surface area contributed by atoms with Gasteiger partial charge in [-0.2, -0.15) is 0 Å². The maximum Gasteiger partial charge on any atom is 0.257 e. The molecule has 0 spiro atoms. The molecule has 0 bridgehead atoms. The highest BCUT2D eigenvalue weighted by molar-refractivity contribution is 6.54. The molecule has 10 heteroatoms. The normalized spacial score (nSPS) is 20.3. The van der Waals surface area contributed by atoms with Gasteiger partial charge < -0.3 is 15.4 Å². The van der Waals surface area contributed by atoms with E-state index in [1.54, 1.807) is 13.0 Å². The third-order valence-corrected chi connectivity index (χ3v) is 8.02. The van der Waals surface area contributed by atoms with Crippen molar-refractivity contribution in [3.63, 3.8) is 0 Å². The van der Waals surface area contributed by atoms with Crippen molar-refractivity contribution in [2.45, 2.75) is 17.2 Å². The lowest BCUT2D eigenvalue weighted by atomic mass is 10.00. The predicted molar refractivity (Wildman–Crippen MR) is 136 cm³/mol. The third kappa shape index (κ3) is 4.73. The van der Waals surface area contributed by atoms with Crippen LogP contribution in [0.2, 0.25) is 10.0 Å². The Morgan fingerprint density at radius 3 is 2.34 bits per heavy atom. The molecule has 3 aromatic carbocycles. The molecule has 1 amide bonds. The van der Waals surface area contributed by atoms with Gasteiger partial charge in [-0.1, -0.05) is 52.5 Å². The third-order valence-electron chi connectivity index (χ3n) is 6.09. The molecule has 0 aliphatic heterocycles. The van der Waals surface area contributed by atoms with E-state index in [0.29, 0.717) is 28.8 Å². The number of carbonyl (C=O) groups is 2. The van der Waals surface area contributed by atoms with Crippen LogP contribution in [-0.4, -0.2) is 23.1 Å². The number of hydrogen-bond donors (Lipinski definition) is 2. The number of rotatable bonds is 7. The molecule has 1 aliphatic carbocycles. The van der Waals surface area contributed by atoms with Crippen molar-refractivity contribution < 1.29 is 18.4 Å². The van der Waals surface area contributed by atoms with Gasteiger partial charge in [-0.25, -0.2) is 8.78 Å². The molecule has 1 saturated carbocycles. The molecule has 2 atom stereocenters. The van der Waals surface area contributed by atoms with Gasteiger partial charge >= 0.3 is 0 Å². The fourth-order valence-corrected chi connectivity index (χ4v) is 5.46. The summed E-state index contributed by atoms with van der Waals surface area (Å²) in [4.78, 5) is 25.0. The van der Waals surface area contributed by atoms with E-state index >= 15 is 0 Å². The van der Waals surface area contributed by atoms with E-state index in [1.807, 2.05) is 0 Å². The summed E-state index contributed by atoms with van der Waals surface area (Å²) in [6.45, 7) is 1.76. The zero-order valence-corrected chi connectivity index (χ0v) is 21.2. The van der Waals surface area contributed by atoms with Crippen molar-refractivity contribution in [3.8, 4) is 0 Å². The van der Waals surface area contributed by atoms with E-state index in [4.69, 9.17) is 46.4 Å². The van der Waals surface area contributed by atoms with Crippen LogP contribution in [0.1, 0.15) is 27.4 Å². The van der Waals surface area contributed by atoms with E-state index in [-0.39, 0.29) is 22.2 Å². The Balaban J connectivity index is 1.56. The van der Waals surface area contributed by atoms with Crippen LogP contribution in [0.3, 0.4) is 0 Å². The number of amides is 1. The number of aldehydes is 1. The molecule has 1 aliphatic rings. The summed E-state index contributed by atoms with van der Waals surface area (Å²) in [6.07, 6.45) is 0.673. The number of benzene rings is 3. The molecular weight excluding hydrogens is 540 g/mol. The maximum absolute atomic E-state index is 13.6. The van der Waals surface area contributed by atoms with E-state index < -0.39 is 33.2 Å². The van der Waals surface area contributed by atoms with Crippen LogP contribution in [0.25, 0.3) is 0 Å². The molecule has 2 N–H and O–H groups in total. The van der Waals surface area contributed by atoms with Crippen molar-refractivity contribution in [2.24, 2.45) is 5.41 Å². The van der Waals surface area contributed by atoms with Gasteiger partial charge in [0.25, 0.3) is 5.91 Å².